The molecular formula is C25H34N2O4S2. The largest absolute Gasteiger partial charge is 0.494 e. The Balaban J connectivity index is 1.68. The molecule has 0 bridgehead atoms. The van der Waals surface area contributed by atoms with E-state index in [0.717, 1.165) is 11.3 Å². The van der Waals surface area contributed by atoms with Crippen molar-refractivity contribution in [1.82, 2.24) is 5.32 Å². The van der Waals surface area contributed by atoms with Crippen LogP contribution in [-0.2, 0) is 14.8 Å². The van der Waals surface area contributed by atoms with Gasteiger partial charge in [0.1, 0.15) is 12.3 Å². The van der Waals surface area contributed by atoms with Crippen LogP contribution in [0, 0.1) is 6.92 Å². The van der Waals surface area contributed by atoms with Crippen LogP contribution in [0.5, 0.6) is 5.75 Å². The van der Waals surface area contributed by atoms with Gasteiger partial charge < -0.3 is 10.1 Å². The molecule has 2 aromatic rings. The average molecular weight is 491 g/mol. The van der Waals surface area contributed by atoms with E-state index in [9.17, 15) is 13.2 Å². The van der Waals surface area contributed by atoms with Gasteiger partial charge in [-0.3, -0.25) is 9.10 Å². The minimum atomic E-state index is -3.93. The Kier molecular flexibility index (Phi) is 9.50. The Morgan fingerprint density at radius 2 is 1.73 bits per heavy atom. The van der Waals surface area contributed by atoms with Crippen molar-refractivity contribution >= 4 is 33.4 Å². The van der Waals surface area contributed by atoms with E-state index in [0.29, 0.717) is 29.8 Å². The van der Waals surface area contributed by atoms with Crippen molar-refractivity contribution in [3.63, 3.8) is 0 Å². The van der Waals surface area contributed by atoms with Gasteiger partial charge in [0.2, 0.25) is 5.91 Å². The van der Waals surface area contributed by atoms with Crippen molar-refractivity contribution in [2.45, 2.75) is 56.1 Å². The molecule has 0 heterocycles. The molecule has 0 saturated heterocycles. The molecule has 1 fully saturated rings. The molecule has 0 atom stereocenters. The summed E-state index contributed by atoms with van der Waals surface area (Å²) in [5.74, 6) is 1.13. The van der Waals surface area contributed by atoms with E-state index in [1.54, 1.807) is 24.3 Å². The maximum Gasteiger partial charge on any atom is 0.264 e. The molecule has 3 rings (SSSR count). The zero-order valence-corrected chi connectivity index (χ0v) is 21.1. The molecule has 8 heteroatoms. The predicted molar refractivity (Wildman–Crippen MR) is 136 cm³/mol. The van der Waals surface area contributed by atoms with E-state index in [2.05, 4.69) is 5.32 Å². The Labute approximate surface area is 202 Å². The number of rotatable bonds is 11. The number of nitrogens with zero attached hydrogens (tertiary/aromatic N) is 1. The number of amides is 1. The first kappa shape index (κ1) is 25.4. The second-order valence-corrected chi connectivity index (χ2v) is 11.5. The van der Waals surface area contributed by atoms with Crippen molar-refractivity contribution in [3.8, 4) is 5.75 Å². The van der Waals surface area contributed by atoms with Gasteiger partial charge in [-0.25, -0.2) is 8.42 Å². The molecule has 2 aromatic carbocycles. The summed E-state index contributed by atoms with van der Waals surface area (Å²) < 4.78 is 33.5. The van der Waals surface area contributed by atoms with Crippen molar-refractivity contribution in [1.29, 1.82) is 0 Å². The van der Waals surface area contributed by atoms with Crippen molar-refractivity contribution in [2.75, 3.05) is 29.8 Å². The molecule has 1 saturated carbocycles. The molecule has 33 heavy (non-hydrogen) atoms. The fraction of sp³-hybridized carbons (Fsp3) is 0.480. The second kappa shape index (κ2) is 12.3. The Morgan fingerprint density at radius 3 is 2.36 bits per heavy atom. The number of ether oxygens (including phenoxy) is 1. The van der Waals surface area contributed by atoms with E-state index in [-0.39, 0.29) is 17.3 Å². The molecule has 180 valence electrons. The minimum absolute atomic E-state index is 0.118. The van der Waals surface area contributed by atoms with Crippen LogP contribution in [0.4, 0.5) is 5.69 Å². The van der Waals surface area contributed by atoms with Gasteiger partial charge >= 0.3 is 0 Å². The highest BCUT2D eigenvalue weighted by Crippen LogP contribution is 2.28. The lowest BCUT2D eigenvalue weighted by molar-refractivity contribution is -0.119. The number of sulfonamides is 1. The lowest BCUT2D eigenvalue weighted by Crippen LogP contribution is -2.41. The summed E-state index contributed by atoms with van der Waals surface area (Å²) >= 11 is 1.91. The molecule has 0 aliphatic heterocycles. The SMILES string of the molecule is CCOc1ccc(S(=O)(=O)N(CC(=O)NCCSC2CCCCC2)c2ccc(C)cc2)cc1. The molecule has 0 spiro atoms. The molecule has 0 radical (unpaired) electrons. The van der Waals surface area contributed by atoms with E-state index in [1.165, 1.54) is 48.5 Å². The predicted octanol–water partition coefficient (Wildman–Crippen LogP) is 4.77. The number of carbonyl (C=O) groups excluding carboxylic acids is 1. The highest BCUT2D eigenvalue weighted by molar-refractivity contribution is 7.99. The molecule has 1 aliphatic carbocycles. The van der Waals surface area contributed by atoms with Crippen LogP contribution in [0.25, 0.3) is 0 Å². The lowest BCUT2D eigenvalue weighted by atomic mass is 10.0. The summed E-state index contributed by atoms with van der Waals surface area (Å²) in [5, 5.41) is 3.58. The fourth-order valence-corrected chi connectivity index (χ4v) is 6.50. The standard InChI is InChI=1S/C25H34N2O4S2/c1-3-31-22-13-15-24(16-14-22)33(29,30)27(21-11-9-20(2)10-12-21)19-25(28)26-17-18-32-23-7-5-4-6-8-23/h9-16,23H,3-8,17-19H2,1-2H3,(H,26,28). The maximum atomic E-state index is 13.5. The van der Waals surface area contributed by atoms with Crippen LogP contribution in [0.1, 0.15) is 44.6 Å². The zero-order valence-electron chi connectivity index (χ0n) is 19.5. The van der Waals surface area contributed by atoms with Crippen LogP contribution >= 0.6 is 11.8 Å². The summed E-state index contributed by atoms with van der Waals surface area (Å²) in [5.41, 5.74) is 1.47. The van der Waals surface area contributed by atoms with Crippen LogP contribution in [0.15, 0.2) is 53.4 Å². The molecule has 0 aromatic heterocycles. The van der Waals surface area contributed by atoms with Crippen LogP contribution < -0.4 is 14.4 Å². The lowest BCUT2D eigenvalue weighted by Gasteiger charge is -2.24. The summed E-state index contributed by atoms with van der Waals surface area (Å²) in [6.45, 7) is 4.57. The van der Waals surface area contributed by atoms with Gasteiger partial charge in [0.15, 0.2) is 0 Å². The number of hydrogen-bond donors (Lipinski definition) is 1. The minimum Gasteiger partial charge on any atom is -0.494 e. The van der Waals surface area contributed by atoms with Gasteiger partial charge in [0, 0.05) is 17.5 Å². The number of carbonyl (C=O) groups is 1. The van der Waals surface area contributed by atoms with Crippen molar-refractivity contribution in [3.05, 3.63) is 54.1 Å². The van der Waals surface area contributed by atoms with Gasteiger partial charge in [-0.05, 0) is 63.1 Å². The quantitative estimate of drug-likeness (QED) is 0.459. The van der Waals surface area contributed by atoms with Gasteiger partial charge in [-0.2, -0.15) is 11.8 Å². The highest BCUT2D eigenvalue weighted by atomic mass is 32.2. The van der Waals surface area contributed by atoms with Crippen LogP contribution in [0.3, 0.4) is 0 Å². The molecule has 1 N–H and O–H groups in total. The maximum absolute atomic E-state index is 13.5. The zero-order chi connectivity index (χ0) is 23.7. The molecular weight excluding hydrogens is 456 g/mol. The van der Waals surface area contributed by atoms with Gasteiger partial charge in [0.05, 0.1) is 17.2 Å². The molecule has 1 amide bonds. The number of hydrogen-bond acceptors (Lipinski definition) is 5. The monoisotopic (exact) mass is 490 g/mol. The Hall–Kier alpha value is -2.19. The number of thioether (sulfide) groups is 1. The van der Waals surface area contributed by atoms with Gasteiger partial charge in [0.25, 0.3) is 10.0 Å². The van der Waals surface area contributed by atoms with E-state index < -0.39 is 10.0 Å². The average Bonchev–Trinajstić information content (AvgIpc) is 2.82. The third kappa shape index (κ3) is 7.40. The summed E-state index contributed by atoms with van der Waals surface area (Å²) in [6.07, 6.45) is 6.41. The number of aryl methyl sites for hydroxylation is 1. The fourth-order valence-electron chi connectivity index (χ4n) is 3.86. The molecule has 1 aliphatic rings. The van der Waals surface area contributed by atoms with Gasteiger partial charge in [-0.15, -0.1) is 0 Å². The summed E-state index contributed by atoms with van der Waals surface area (Å²) in [7, 11) is -3.93. The van der Waals surface area contributed by atoms with Crippen LogP contribution in [0.2, 0.25) is 0 Å². The van der Waals surface area contributed by atoms with Crippen molar-refractivity contribution < 1.29 is 17.9 Å². The Morgan fingerprint density at radius 1 is 1.06 bits per heavy atom. The normalized spacial score (nSPS) is 14.6. The number of benzene rings is 2. The summed E-state index contributed by atoms with van der Waals surface area (Å²) in [6, 6.07) is 13.4. The first-order valence-corrected chi connectivity index (χ1v) is 14.1. The van der Waals surface area contributed by atoms with Crippen LogP contribution in [-0.4, -0.2) is 45.0 Å². The number of anilines is 1. The number of nitrogens with one attached hydrogen (secondary N) is 1. The smallest absolute Gasteiger partial charge is 0.264 e. The third-order valence-electron chi connectivity index (χ3n) is 5.66. The van der Waals surface area contributed by atoms with Crippen molar-refractivity contribution in [2.24, 2.45) is 0 Å². The second-order valence-electron chi connectivity index (χ2n) is 8.23. The van der Waals surface area contributed by atoms with E-state index in [1.807, 2.05) is 37.7 Å². The summed E-state index contributed by atoms with van der Waals surface area (Å²) in [4.78, 5) is 12.8. The topological polar surface area (TPSA) is 75.7 Å². The molecule has 6 nitrogen and oxygen atoms in total. The first-order chi connectivity index (χ1) is 15.9. The first-order valence-electron chi connectivity index (χ1n) is 11.6. The van der Waals surface area contributed by atoms with E-state index in [4.69, 9.17) is 4.74 Å². The van der Waals surface area contributed by atoms with E-state index >= 15 is 0 Å². The third-order valence-corrected chi connectivity index (χ3v) is 8.83. The Bertz CT molecular complexity index is 986. The highest BCUT2D eigenvalue weighted by Gasteiger charge is 2.27. The van der Waals surface area contributed by atoms with Gasteiger partial charge in [-0.1, -0.05) is 37.0 Å². The molecule has 0 unspecified atom stereocenters.